The van der Waals surface area contributed by atoms with Crippen LogP contribution in [0.3, 0.4) is 0 Å². The Balaban J connectivity index is 2.04. The molecule has 0 aliphatic carbocycles. The molecule has 2 aromatic rings. The maximum atomic E-state index is 12.1. The molecule has 128 valence electrons. The lowest BCUT2D eigenvalue weighted by molar-refractivity contribution is -0.116. The van der Waals surface area contributed by atoms with Crippen LogP contribution in [0.5, 0.6) is 17.2 Å². The van der Waals surface area contributed by atoms with E-state index in [1.165, 1.54) is 0 Å². The van der Waals surface area contributed by atoms with Gasteiger partial charge in [-0.1, -0.05) is 17.7 Å². The summed E-state index contributed by atoms with van der Waals surface area (Å²) in [5.41, 5.74) is 1.60. The van der Waals surface area contributed by atoms with Gasteiger partial charge in [-0.05, 0) is 42.3 Å². The van der Waals surface area contributed by atoms with Crippen LogP contribution in [0, 0.1) is 0 Å². The molecule has 0 aromatic heterocycles. The van der Waals surface area contributed by atoms with E-state index in [0.29, 0.717) is 40.8 Å². The molecule has 24 heavy (non-hydrogen) atoms. The van der Waals surface area contributed by atoms with Crippen LogP contribution in [0.15, 0.2) is 36.4 Å². The second-order valence-corrected chi connectivity index (χ2v) is 5.53. The fraction of sp³-hybridized carbons (Fsp3) is 0.278. The summed E-state index contributed by atoms with van der Waals surface area (Å²) < 4.78 is 15.9. The summed E-state index contributed by atoms with van der Waals surface area (Å²) in [6.45, 7) is 0. The third kappa shape index (κ3) is 4.55. The first-order chi connectivity index (χ1) is 11.6. The Morgan fingerprint density at radius 3 is 2.25 bits per heavy atom. The van der Waals surface area contributed by atoms with Crippen LogP contribution in [0.2, 0.25) is 5.02 Å². The molecule has 0 heterocycles. The number of benzene rings is 2. The van der Waals surface area contributed by atoms with E-state index in [1.54, 1.807) is 45.6 Å². The van der Waals surface area contributed by atoms with Crippen LogP contribution in [-0.4, -0.2) is 27.2 Å². The summed E-state index contributed by atoms with van der Waals surface area (Å²) in [7, 11) is 4.68. The van der Waals surface area contributed by atoms with Gasteiger partial charge in [-0.3, -0.25) is 4.79 Å². The predicted molar refractivity (Wildman–Crippen MR) is 94.5 cm³/mol. The van der Waals surface area contributed by atoms with Crippen LogP contribution in [0.1, 0.15) is 12.0 Å². The minimum Gasteiger partial charge on any atom is -0.493 e. The SMILES string of the molecule is COc1cc(CCC(=O)Nc2cccc(Cl)c2)cc(OC)c1OC. The Labute approximate surface area is 146 Å². The topological polar surface area (TPSA) is 56.8 Å². The Hall–Kier alpha value is -2.40. The molecule has 0 bridgehead atoms. The molecule has 0 aliphatic heterocycles. The molecule has 0 aliphatic rings. The third-order valence-corrected chi connectivity index (χ3v) is 3.71. The molecule has 2 rings (SSSR count). The zero-order valence-electron chi connectivity index (χ0n) is 13.9. The lowest BCUT2D eigenvalue weighted by Crippen LogP contribution is -2.12. The number of hydrogen-bond acceptors (Lipinski definition) is 4. The smallest absolute Gasteiger partial charge is 0.224 e. The summed E-state index contributed by atoms with van der Waals surface area (Å²) in [6, 6.07) is 10.7. The summed E-state index contributed by atoms with van der Waals surface area (Å²) >= 11 is 5.91. The van der Waals surface area contributed by atoms with Gasteiger partial charge in [0.2, 0.25) is 11.7 Å². The van der Waals surface area contributed by atoms with Gasteiger partial charge in [-0.25, -0.2) is 0 Å². The maximum absolute atomic E-state index is 12.1. The van der Waals surface area contributed by atoms with Gasteiger partial charge in [-0.2, -0.15) is 0 Å². The summed E-state index contributed by atoms with van der Waals surface area (Å²) in [5.74, 6) is 1.59. The number of hydrogen-bond donors (Lipinski definition) is 1. The number of methoxy groups -OCH3 is 3. The van der Waals surface area contributed by atoms with Gasteiger partial charge in [0.1, 0.15) is 0 Å². The first kappa shape index (κ1) is 17.9. The molecule has 0 radical (unpaired) electrons. The number of rotatable bonds is 7. The number of ether oxygens (including phenoxy) is 3. The van der Waals surface area contributed by atoms with Crippen molar-refractivity contribution in [3.8, 4) is 17.2 Å². The average Bonchev–Trinajstić information content (AvgIpc) is 2.58. The molecule has 0 spiro atoms. The Morgan fingerprint density at radius 2 is 1.71 bits per heavy atom. The van der Waals surface area contributed by atoms with Crippen molar-refractivity contribution in [2.24, 2.45) is 0 Å². The van der Waals surface area contributed by atoms with Crippen LogP contribution in [-0.2, 0) is 11.2 Å². The largest absolute Gasteiger partial charge is 0.493 e. The van der Waals surface area contributed by atoms with E-state index in [1.807, 2.05) is 12.1 Å². The normalized spacial score (nSPS) is 10.2. The Kier molecular flexibility index (Phi) is 6.32. The van der Waals surface area contributed by atoms with E-state index >= 15 is 0 Å². The summed E-state index contributed by atoms with van der Waals surface area (Å²) in [4.78, 5) is 12.1. The van der Waals surface area contributed by atoms with Crippen molar-refractivity contribution in [1.29, 1.82) is 0 Å². The lowest BCUT2D eigenvalue weighted by Gasteiger charge is -2.14. The average molecular weight is 350 g/mol. The van der Waals surface area contributed by atoms with Crippen molar-refractivity contribution in [1.82, 2.24) is 0 Å². The minimum atomic E-state index is -0.0916. The van der Waals surface area contributed by atoms with Crippen molar-refractivity contribution in [2.45, 2.75) is 12.8 Å². The van der Waals surface area contributed by atoms with Crippen molar-refractivity contribution in [3.63, 3.8) is 0 Å². The highest BCUT2D eigenvalue weighted by Crippen LogP contribution is 2.38. The zero-order valence-corrected chi connectivity index (χ0v) is 14.6. The predicted octanol–water partition coefficient (Wildman–Crippen LogP) is 3.94. The van der Waals surface area contributed by atoms with E-state index < -0.39 is 0 Å². The molecule has 0 atom stereocenters. The van der Waals surface area contributed by atoms with Crippen LogP contribution in [0.25, 0.3) is 0 Å². The van der Waals surface area contributed by atoms with Gasteiger partial charge in [0.25, 0.3) is 0 Å². The number of anilines is 1. The second-order valence-electron chi connectivity index (χ2n) is 5.09. The molecule has 0 saturated heterocycles. The van der Waals surface area contributed by atoms with E-state index in [0.717, 1.165) is 5.56 Å². The van der Waals surface area contributed by atoms with E-state index in [9.17, 15) is 4.79 Å². The van der Waals surface area contributed by atoms with Crippen molar-refractivity contribution in [3.05, 3.63) is 47.0 Å². The first-order valence-corrected chi connectivity index (χ1v) is 7.79. The summed E-state index contributed by atoms with van der Waals surface area (Å²) in [5, 5.41) is 3.40. The quantitative estimate of drug-likeness (QED) is 0.822. The van der Waals surface area contributed by atoms with Crippen LogP contribution >= 0.6 is 11.6 Å². The van der Waals surface area contributed by atoms with Crippen LogP contribution < -0.4 is 19.5 Å². The number of aryl methyl sites for hydroxylation is 1. The fourth-order valence-corrected chi connectivity index (χ4v) is 2.52. The third-order valence-electron chi connectivity index (χ3n) is 3.47. The molecule has 1 N–H and O–H groups in total. The number of nitrogens with one attached hydrogen (secondary N) is 1. The Morgan fingerprint density at radius 1 is 1.04 bits per heavy atom. The molecule has 6 heteroatoms. The zero-order chi connectivity index (χ0) is 17.5. The van der Waals surface area contributed by atoms with E-state index in [2.05, 4.69) is 5.32 Å². The number of halogens is 1. The molecule has 0 unspecified atom stereocenters. The highest BCUT2D eigenvalue weighted by molar-refractivity contribution is 6.30. The van der Waals surface area contributed by atoms with Gasteiger partial charge >= 0.3 is 0 Å². The maximum Gasteiger partial charge on any atom is 0.224 e. The Bertz CT molecular complexity index is 693. The highest BCUT2D eigenvalue weighted by Gasteiger charge is 2.14. The second kappa shape index (κ2) is 8.45. The molecule has 0 saturated carbocycles. The molecule has 1 amide bonds. The van der Waals surface area contributed by atoms with E-state index in [4.69, 9.17) is 25.8 Å². The van der Waals surface area contributed by atoms with Gasteiger partial charge in [0.15, 0.2) is 11.5 Å². The number of carbonyl (C=O) groups is 1. The van der Waals surface area contributed by atoms with Gasteiger partial charge in [0, 0.05) is 17.1 Å². The van der Waals surface area contributed by atoms with Crippen molar-refractivity contribution in [2.75, 3.05) is 26.6 Å². The first-order valence-electron chi connectivity index (χ1n) is 7.41. The summed E-state index contributed by atoms with van der Waals surface area (Å²) in [6.07, 6.45) is 0.869. The van der Waals surface area contributed by atoms with Gasteiger partial charge < -0.3 is 19.5 Å². The van der Waals surface area contributed by atoms with Gasteiger partial charge in [0.05, 0.1) is 21.3 Å². The number of amides is 1. The van der Waals surface area contributed by atoms with Gasteiger partial charge in [-0.15, -0.1) is 0 Å². The van der Waals surface area contributed by atoms with Crippen molar-refractivity contribution < 1.29 is 19.0 Å². The highest BCUT2D eigenvalue weighted by atomic mass is 35.5. The molecule has 0 fully saturated rings. The monoisotopic (exact) mass is 349 g/mol. The van der Waals surface area contributed by atoms with Crippen LogP contribution in [0.4, 0.5) is 5.69 Å². The fourth-order valence-electron chi connectivity index (χ4n) is 2.33. The van der Waals surface area contributed by atoms with E-state index in [-0.39, 0.29) is 5.91 Å². The number of carbonyl (C=O) groups excluding carboxylic acids is 1. The molecular weight excluding hydrogens is 330 g/mol. The van der Waals surface area contributed by atoms with Crippen molar-refractivity contribution >= 4 is 23.2 Å². The standard InChI is InChI=1S/C18H20ClNO4/c1-22-15-9-12(10-16(23-2)18(15)24-3)7-8-17(21)20-14-6-4-5-13(19)11-14/h4-6,9-11H,7-8H2,1-3H3,(H,20,21). The molecular formula is C18H20ClNO4. The lowest BCUT2D eigenvalue weighted by atomic mass is 10.1. The molecule has 2 aromatic carbocycles. The molecule has 5 nitrogen and oxygen atoms in total. The minimum absolute atomic E-state index is 0.0916.